The molecule has 1 amide bonds. The van der Waals surface area contributed by atoms with Crippen LogP contribution >= 0.6 is 0 Å². The average Bonchev–Trinajstić information content (AvgIpc) is 2.67. The van der Waals surface area contributed by atoms with Gasteiger partial charge in [-0.1, -0.05) is 18.2 Å². The number of aryl methyl sites for hydroxylation is 2. The molecule has 27 heavy (non-hydrogen) atoms. The number of carbonyl (C=O) groups is 1. The molecular weight excluding hydrogens is 336 g/mol. The van der Waals surface area contributed by atoms with E-state index in [-0.39, 0.29) is 11.9 Å². The van der Waals surface area contributed by atoms with E-state index < -0.39 is 0 Å². The molecule has 5 nitrogen and oxygen atoms in total. The first kappa shape index (κ1) is 18.7. The lowest BCUT2D eigenvalue weighted by Gasteiger charge is -2.25. The highest BCUT2D eigenvalue weighted by Crippen LogP contribution is 2.18. The van der Waals surface area contributed by atoms with Crippen molar-refractivity contribution in [1.29, 1.82) is 0 Å². The summed E-state index contributed by atoms with van der Waals surface area (Å²) in [6.45, 7) is 5.94. The van der Waals surface area contributed by atoms with E-state index in [0.717, 1.165) is 29.1 Å². The van der Waals surface area contributed by atoms with Crippen LogP contribution in [0.25, 0.3) is 11.4 Å². The highest BCUT2D eigenvalue weighted by atomic mass is 16.2. The maximum absolute atomic E-state index is 12.8. The fourth-order valence-corrected chi connectivity index (χ4v) is 2.98. The zero-order valence-corrected chi connectivity index (χ0v) is 16.2. The van der Waals surface area contributed by atoms with Crippen molar-refractivity contribution in [3.8, 4) is 11.4 Å². The molecule has 0 spiro atoms. The van der Waals surface area contributed by atoms with Crippen LogP contribution in [-0.4, -0.2) is 38.8 Å². The first-order chi connectivity index (χ1) is 12.9. The van der Waals surface area contributed by atoms with Crippen LogP contribution in [0.4, 0.5) is 0 Å². The lowest BCUT2D eigenvalue weighted by molar-refractivity contribution is 0.0743. The summed E-state index contributed by atoms with van der Waals surface area (Å²) in [6, 6.07) is 15.3. The van der Waals surface area contributed by atoms with Gasteiger partial charge in [-0.3, -0.25) is 9.78 Å². The molecule has 0 saturated carbocycles. The van der Waals surface area contributed by atoms with Crippen LogP contribution in [0.3, 0.4) is 0 Å². The van der Waals surface area contributed by atoms with Crippen LogP contribution in [0, 0.1) is 13.8 Å². The second kappa shape index (κ2) is 8.08. The van der Waals surface area contributed by atoms with Crippen LogP contribution < -0.4 is 0 Å². The van der Waals surface area contributed by atoms with Gasteiger partial charge in [0.25, 0.3) is 5.91 Å². The van der Waals surface area contributed by atoms with E-state index in [9.17, 15) is 4.79 Å². The third-order valence-electron chi connectivity index (χ3n) is 4.58. The Morgan fingerprint density at radius 2 is 1.70 bits per heavy atom. The third-order valence-corrected chi connectivity index (χ3v) is 4.58. The van der Waals surface area contributed by atoms with Crippen molar-refractivity contribution in [3.63, 3.8) is 0 Å². The Bertz CT molecular complexity index is 903. The normalized spacial score (nSPS) is 11.9. The number of aromatic nitrogens is 3. The lowest BCUT2D eigenvalue weighted by atomic mass is 10.1. The van der Waals surface area contributed by atoms with Gasteiger partial charge in [-0.2, -0.15) is 0 Å². The molecule has 0 aliphatic rings. The summed E-state index contributed by atoms with van der Waals surface area (Å²) in [5.41, 5.74) is 4.40. The predicted molar refractivity (Wildman–Crippen MR) is 106 cm³/mol. The van der Waals surface area contributed by atoms with E-state index >= 15 is 0 Å². The van der Waals surface area contributed by atoms with Crippen molar-refractivity contribution in [2.24, 2.45) is 0 Å². The standard InChI is InChI=1S/C22H24N4O/c1-15-13-16(2)25-21(24-15)18-8-10-19(11-9-18)22(27)26(4)17(3)14-20-7-5-6-12-23-20/h5-13,17H,14H2,1-4H3. The van der Waals surface area contributed by atoms with Gasteiger partial charge >= 0.3 is 0 Å². The molecular formula is C22H24N4O. The molecule has 2 heterocycles. The fraction of sp³-hybridized carbons (Fsp3) is 0.273. The molecule has 0 radical (unpaired) electrons. The number of carbonyl (C=O) groups excluding carboxylic acids is 1. The first-order valence-electron chi connectivity index (χ1n) is 9.04. The van der Waals surface area contributed by atoms with Crippen LogP contribution in [-0.2, 0) is 6.42 Å². The number of nitrogens with zero attached hydrogens (tertiary/aromatic N) is 4. The highest BCUT2D eigenvalue weighted by molar-refractivity contribution is 5.94. The van der Waals surface area contributed by atoms with Crippen LogP contribution in [0.5, 0.6) is 0 Å². The molecule has 0 saturated heterocycles. The van der Waals surface area contributed by atoms with Gasteiger partial charge in [-0.15, -0.1) is 0 Å². The SMILES string of the molecule is Cc1cc(C)nc(-c2ccc(C(=O)N(C)C(C)Cc3ccccn3)cc2)n1. The molecule has 1 aromatic carbocycles. The van der Waals surface area contributed by atoms with Gasteiger partial charge in [0.1, 0.15) is 0 Å². The molecule has 0 bridgehead atoms. The molecule has 0 N–H and O–H groups in total. The summed E-state index contributed by atoms with van der Waals surface area (Å²) in [7, 11) is 1.83. The first-order valence-corrected chi connectivity index (χ1v) is 9.04. The molecule has 3 rings (SSSR count). The van der Waals surface area contributed by atoms with Crippen LogP contribution in [0.2, 0.25) is 0 Å². The summed E-state index contributed by atoms with van der Waals surface area (Å²) in [5.74, 6) is 0.676. The van der Waals surface area contributed by atoms with E-state index in [2.05, 4.69) is 15.0 Å². The molecule has 138 valence electrons. The smallest absolute Gasteiger partial charge is 0.253 e. The molecule has 1 unspecified atom stereocenters. The Morgan fingerprint density at radius 3 is 2.30 bits per heavy atom. The Labute approximate surface area is 160 Å². The summed E-state index contributed by atoms with van der Waals surface area (Å²) in [4.78, 5) is 27.9. The minimum absolute atomic E-state index is 0.00803. The van der Waals surface area contributed by atoms with Gasteiger partial charge in [0, 0.05) is 53.9 Å². The lowest BCUT2D eigenvalue weighted by Crippen LogP contribution is -2.36. The zero-order chi connectivity index (χ0) is 19.4. The van der Waals surface area contributed by atoms with Gasteiger partial charge in [0.15, 0.2) is 5.82 Å². The van der Waals surface area contributed by atoms with Crippen molar-refractivity contribution in [2.45, 2.75) is 33.2 Å². The second-order valence-corrected chi connectivity index (χ2v) is 6.84. The largest absolute Gasteiger partial charge is 0.339 e. The van der Waals surface area contributed by atoms with Crippen LogP contribution in [0.15, 0.2) is 54.7 Å². The molecule has 1 atom stereocenters. The molecule has 3 aromatic rings. The van der Waals surface area contributed by atoms with E-state index in [1.54, 1.807) is 11.1 Å². The Balaban J connectivity index is 1.73. The topological polar surface area (TPSA) is 59.0 Å². The number of pyridine rings is 1. The number of hydrogen-bond acceptors (Lipinski definition) is 4. The van der Waals surface area contributed by atoms with E-state index in [0.29, 0.717) is 11.4 Å². The van der Waals surface area contributed by atoms with E-state index in [4.69, 9.17) is 0 Å². The Hall–Kier alpha value is -3.08. The van der Waals surface area contributed by atoms with Crippen molar-refractivity contribution >= 4 is 5.91 Å². The molecule has 5 heteroatoms. The average molecular weight is 360 g/mol. The minimum atomic E-state index is -0.00803. The molecule has 0 fully saturated rings. The predicted octanol–water partition coefficient (Wildman–Crippen LogP) is 3.86. The summed E-state index contributed by atoms with van der Waals surface area (Å²) in [5, 5.41) is 0. The van der Waals surface area contributed by atoms with Crippen molar-refractivity contribution < 1.29 is 4.79 Å². The van der Waals surface area contributed by atoms with Crippen molar-refractivity contribution in [3.05, 3.63) is 77.4 Å². The molecule has 2 aromatic heterocycles. The quantitative estimate of drug-likeness (QED) is 0.693. The van der Waals surface area contributed by atoms with Crippen molar-refractivity contribution in [1.82, 2.24) is 19.9 Å². The van der Waals surface area contributed by atoms with Gasteiger partial charge in [0.05, 0.1) is 0 Å². The minimum Gasteiger partial charge on any atom is -0.339 e. The van der Waals surface area contributed by atoms with Crippen molar-refractivity contribution in [2.75, 3.05) is 7.05 Å². The summed E-state index contributed by atoms with van der Waals surface area (Å²) < 4.78 is 0. The number of rotatable bonds is 5. The van der Waals surface area contributed by atoms with E-state index in [1.807, 2.05) is 76.3 Å². The number of amides is 1. The summed E-state index contributed by atoms with van der Waals surface area (Å²) >= 11 is 0. The Kier molecular flexibility index (Phi) is 5.60. The highest BCUT2D eigenvalue weighted by Gasteiger charge is 2.18. The molecule has 0 aliphatic heterocycles. The third kappa shape index (κ3) is 4.56. The number of hydrogen-bond donors (Lipinski definition) is 0. The zero-order valence-electron chi connectivity index (χ0n) is 16.2. The maximum Gasteiger partial charge on any atom is 0.253 e. The van der Waals surface area contributed by atoms with Gasteiger partial charge in [0.2, 0.25) is 0 Å². The Morgan fingerprint density at radius 1 is 1.04 bits per heavy atom. The van der Waals surface area contributed by atoms with E-state index in [1.165, 1.54) is 0 Å². The number of likely N-dealkylation sites (N-methyl/N-ethyl adjacent to an activating group) is 1. The van der Waals surface area contributed by atoms with Crippen LogP contribution in [0.1, 0.15) is 34.4 Å². The van der Waals surface area contributed by atoms with Gasteiger partial charge < -0.3 is 4.90 Å². The molecule has 0 aliphatic carbocycles. The summed E-state index contributed by atoms with van der Waals surface area (Å²) in [6.07, 6.45) is 2.50. The number of benzene rings is 1. The monoisotopic (exact) mass is 360 g/mol. The van der Waals surface area contributed by atoms with Gasteiger partial charge in [-0.05, 0) is 51.1 Å². The maximum atomic E-state index is 12.8. The second-order valence-electron chi connectivity index (χ2n) is 6.84. The fourth-order valence-electron chi connectivity index (χ4n) is 2.98. The van der Waals surface area contributed by atoms with Gasteiger partial charge in [-0.25, -0.2) is 9.97 Å².